The molecule has 0 atom stereocenters. The summed E-state index contributed by atoms with van der Waals surface area (Å²) in [6.07, 6.45) is 7.10. The summed E-state index contributed by atoms with van der Waals surface area (Å²) in [5.41, 5.74) is 10.2. The molecule has 0 radical (unpaired) electrons. The Labute approximate surface area is 167 Å². The molecule has 2 aromatic rings. The van der Waals surface area contributed by atoms with Crippen LogP contribution in [0.3, 0.4) is 0 Å². The van der Waals surface area contributed by atoms with Gasteiger partial charge in [0.15, 0.2) is 0 Å². The van der Waals surface area contributed by atoms with Gasteiger partial charge in [-0.1, -0.05) is 18.2 Å². The summed E-state index contributed by atoms with van der Waals surface area (Å²) >= 11 is 0. The van der Waals surface area contributed by atoms with Crippen LogP contribution in [0.25, 0.3) is 0 Å². The first-order chi connectivity index (χ1) is 14.2. The average Bonchev–Trinajstić information content (AvgIpc) is 3.32. The van der Waals surface area contributed by atoms with Gasteiger partial charge in [-0.2, -0.15) is 5.26 Å². The zero-order valence-electron chi connectivity index (χ0n) is 15.8. The van der Waals surface area contributed by atoms with Gasteiger partial charge in [-0.25, -0.2) is 10.0 Å². The Morgan fingerprint density at radius 3 is 3.00 bits per heavy atom. The van der Waals surface area contributed by atoms with E-state index in [1.165, 1.54) is 7.11 Å². The van der Waals surface area contributed by atoms with E-state index < -0.39 is 0 Å². The van der Waals surface area contributed by atoms with Gasteiger partial charge in [0.25, 0.3) is 5.88 Å². The third-order valence-electron chi connectivity index (χ3n) is 4.46. The van der Waals surface area contributed by atoms with Gasteiger partial charge in [0, 0.05) is 6.20 Å². The topological polar surface area (TPSA) is 114 Å². The third-order valence-corrected chi connectivity index (χ3v) is 4.46. The first-order valence-electron chi connectivity index (χ1n) is 8.97. The van der Waals surface area contributed by atoms with Crippen LogP contribution >= 0.6 is 0 Å². The van der Waals surface area contributed by atoms with Gasteiger partial charge in [-0.3, -0.25) is 15.1 Å². The predicted octanol–water partition coefficient (Wildman–Crippen LogP) is 1.13. The summed E-state index contributed by atoms with van der Waals surface area (Å²) in [5.74, 6) is 0.413. The van der Waals surface area contributed by atoms with Crippen molar-refractivity contribution in [2.45, 2.75) is 13.1 Å². The molecule has 0 fully saturated rings. The number of ether oxygens (including phenoxy) is 1. The molecule has 3 N–H and O–H groups in total. The van der Waals surface area contributed by atoms with E-state index >= 15 is 0 Å². The Morgan fingerprint density at radius 1 is 1.34 bits per heavy atom. The maximum absolute atomic E-state index is 9.33. The molecule has 1 aromatic heterocycles. The molecular weight excluding hydrogens is 372 g/mol. The minimum Gasteiger partial charge on any atom is -0.478 e. The predicted molar refractivity (Wildman–Crippen MR) is 106 cm³/mol. The number of rotatable bonds is 7. The van der Waals surface area contributed by atoms with Crippen molar-refractivity contribution >= 4 is 12.0 Å². The molecule has 0 unspecified atom stereocenters. The fourth-order valence-corrected chi connectivity index (χ4v) is 3.07. The van der Waals surface area contributed by atoms with Gasteiger partial charge in [0.1, 0.15) is 23.4 Å². The van der Waals surface area contributed by atoms with Crippen LogP contribution < -0.4 is 15.6 Å². The fourth-order valence-electron chi connectivity index (χ4n) is 3.07. The van der Waals surface area contributed by atoms with Crippen LogP contribution in [0.4, 0.5) is 5.69 Å². The number of nitrogens with zero attached hydrogens (tertiary/aromatic N) is 6. The Bertz CT molecular complexity index is 1030. The number of aliphatic imine (C=N–C) groups is 1. The van der Waals surface area contributed by atoms with Crippen molar-refractivity contribution < 1.29 is 9.84 Å². The van der Waals surface area contributed by atoms with Crippen LogP contribution in [0.15, 0.2) is 59.2 Å². The first kappa shape index (κ1) is 18.4. The van der Waals surface area contributed by atoms with Crippen LogP contribution in [0.2, 0.25) is 0 Å². The van der Waals surface area contributed by atoms with Crippen molar-refractivity contribution in [3.05, 3.63) is 65.4 Å². The summed E-state index contributed by atoms with van der Waals surface area (Å²) in [6, 6.07) is 9.72. The van der Waals surface area contributed by atoms with Crippen molar-refractivity contribution in [1.29, 1.82) is 5.26 Å². The van der Waals surface area contributed by atoms with Gasteiger partial charge in [0.2, 0.25) is 0 Å². The zero-order chi connectivity index (χ0) is 20.2. The smallest absolute Gasteiger partial charge is 0.258 e. The number of methoxy groups -OCH3 is 1. The summed E-state index contributed by atoms with van der Waals surface area (Å²) in [5, 5.41) is 26.3. The quantitative estimate of drug-likeness (QED) is 0.643. The van der Waals surface area contributed by atoms with Crippen molar-refractivity contribution in [3.63, 3.8) is 0 Å². The summed E-state index contributed by atoms with van der Waals surface area (Å²) < 4.78 is 6.89. The molecule has 3 heterocycles. The van der Waals surface area contributed by atoms with Crippen LogP contribution in [0.5, 0.6) is 5.88 Å². The van der Waals surface area contributed by atoms with Crippen molar-refractivity contribution in [2.24, 2.45) is 4.99 Å². The molecule has 1 aromatic carbocycles. The van der Waals surface area contributed by atoms with Gasteiger partial charge in [-0.15, -0.1) is 5.10 Å². The molecule has 0 saturated carbocycles. The van der Waals surface area contributed by atoms with Gasteiger partial charge >= 0.3 is 0 Å². The van der Waals surface area contributed by atoms with Crippen molar-refractivity contribution in [1.82, 2.24) is 25.2 Å². The Hall–Kier alpha value is -3.97. The highest BCUT2D eigenvalue weighted by atomic mass is 16.5. The lowest BCUT2D eigenvalue weighted by atomic mass is 10.1. The van der Waals surface area contributed by atoms with E-state index in [9.17, 15) is 5.26 Å². The highest BCUT2D eigenvalue weighted by Crippen LogP contribution is 2.28. The van der Waals surface area contributed by atoms with Gasteiger partial charge < -0.3 is 15.3 Å². The summed E-state index contributed by atoms with van der Waals surface area (Å²) in [4.78, 5) is 4.46. The molecule has 0 aliphatic carbocycles. The van der Waals surface area contributed by atoms with E-state index in [0.29, 0.717) is 30.2 Å². The number of nitrogens with one attached hydrogen (secondary N) is 2. The zero-order valence-corrected chi connectivity index (χ0v) is 15.8. The Balaban J connectivity index is 1.53. The van der Waals surface area contributed by atoms with E-state index in [1.54, 1.807) is 28.3 Å². The molecule has 2 aliphatic heterocycles. The largest absolute Gasteiger partial charge is 0.478 e. The Kier molecular flexibility index (Phi) is 5.05. The first-order valence-corrected chi connectivity index (χ1v) is 8.97. The van der Waals surface area contributed by atoms with E-state index in [2.05, 4.69) is 27.0 Å². The number of fused-ring (bicyclic) bond motifs is 1. The van der Waals surface area contributed by atoms with Gasteiger partial charge in [-0.05, 0) is 11.6 Å². The fraction of sp³-hybridized carbons (Fsp3) is 0.211. The lowest BCUT2D eigenvalue weighted by molar-refractivity contribution is 0.267. The molecule has 4 rings (SSSR count). The molecule has 0 saturated heterocycles. The highest BCUT2D eigenvalue weighted by Gasteiger charge is 2.24. The molecular formula is C19H20N8O2. The van der Waals surface area contributed by atoms with Crippen LogP contribution in [0, 0.1) is 11.3 Å². The summed E-state index contributed by atoms with van der Waals surface area (Å²) in [7, 11) is 1.54. The number of hydrogen-bond acceptors (Lipinski definition) is 9. The van der Waals surface area contributed by atoms with E-state index in [1.807, 2.05) is 35.6 Å². The van der Waals surface area contributed by atoms with Crippen molar-refractivity contribution in [2.75, 3.05) is 19.1 Å². The maximum atomic E-state index is 9.33. The molecule has 0 bridgehead atoms. The van der Waals surface area contributed by atoms with Gasteiger partial charge in [0.05, 0.1) is 50.8 Å². The van der Waals surface area contributed by atoms with E-state index in [-0.39, 0.29) is 6.61 Å². The SMILES string of the molecule is COc1nn(CCO)cc1NN1C=NC2=CNN(Cc3ccccc3C#N)C2=C1. The highest BCUT2D eigenvalue weighted by molar-refractivity contribution is 5.67. The van der Waals surface area contributed by atoms with E-state index in [0.717, 1.165) is 17.0 Å². The van der Waals surface area contributed by atoms with Crippen LogP contribution in [0.1, 0.15) is 11.1 Å². The second-order valence-corrected chi connectivity index (χ2v) is 6.33. The normalized spacial score (nSPS) is 14.7. The number of nitriles is 1. The monoisotopic (exact) mass is 392 g/mol. The molecule has 0 spiro atoms. The minimum atomic E-state index is -0.0154. The minimum absolute atomic E-state index is 0.0154. The molecule has 29 heavy (non-hydrogen) atoms. The Morgan fingerprint density at radius 2 is 2.21 bits per heavy atom. The third kappa shape index (κ3) is 3.71. The number of aliphatic hydroxyl groups excluding tert-OH is 1. The average molecular weight is 392 g/mol. The number of hydrogen-bond donors (Lipinski definition) is 3. The number of aromatic nitrogens is 2. The van der Waals surface area contributed by atoms with Crippen molar-refractivity contribution in [3.8, 4) is 11.9 Å². The molecule has 0 amide bonds. The molecule has 10 nitrogen and oxygen atoms in total. The number of aliphatic hydroxyl groups is 1. The lowest BCUT2D eigenvalue weighted by Crippen LogP contribution is -2.32. The number of hydrazine groups is 2. The number of anilines is 1. The lowest BCUT2D eigenvalue weighted by Gasteiger charge is -2.26. The van der Waals surface area contributed by atoms with E-state index in [4.69, 9.17) is 9.84 Å². The second-order valence-electron chi connectivity index (χ2n) is 6.33. The summed E-state index contributed by atoms with van der Waals surface area (Å²) in [6.45, 7) is 0.866. The number of benzene rings is 1. The standard InChI is InChI=1S/C19H20N8O2/c1-29-19-17(11-25(24-19)6-7-28)23-26-12-18-16(21-13-26)9-22-27(18)10-15-5-3-2-4-14(15)8-20/h2-5,9,11-13,22-23,28H,6-7,10H2,1H3. The molecule has 148 valence electrons. The molecule has 10 heteroatoms. The second kappa shape index (κ2) is 7.95. The maximum Gasteiger partial charge on any atom is 0.258 e. The molecule has 2 aliphatic rings. The van der Waals surface area contributed by atoms with Crippen LogP contribution in [-0.4, -0.2) is 45.0 Å². The van der Waals surface area contributed by atoms with Crippen LogP contribution in [-0.2, 0) is 13.1 Å².